The molecule has 3 aromatic rings. The van der Waals surface area contributed by atoms with Crippen LogP contribution in [0.25, 0.3) is 22.0 Å². The van der Waals surface area contributed by atoms with Crippen molar-refractivity contribution >= 4 is 22.6 Å². The third-order valence-corrected chi connectivity index (χ3v) is 9.16. The second-order valence-electron chi connectivity index (χ2n) is 11.7. The van der Waals surface area contributed by atoms with E-state index in [4.69, 9.17) is 9.72 Å². The van der Waals surface area contributed by atoms with E-state index in [2.05, 4.69) is 33.2 Å². The number of carbonyl (C=O) groups is 1. The van der Waals surface area contributed by atoms with Gasteiger partial charge in [-0.15, -0.1) is 0 Å². The maximum atomic E-state index is 15.7. The number of hydrogen-bond donors (Lipinski definition) is 2. The van der Waals surface area contributed by atoms with E-state index in [1.807, 2.05) is 12.1 Å². The summed E-state index contributed by atoms with van der Waals surface area (Å²) in [5.74, 6) is 1.03. The van der Waals surface area contributed by atoms with Crippen LogP contribution >= 0.6 is 0 Å². The van der Waals surface area contributed by atoms with Gasteiger partial charge in [0.25, 0.3) is 0 Å². The molecule has 4 aliphatic rings. The Hall–Kier alpha value is -3.59. The Kier molecular flexibility index (Phi) is 6.22. The molecule has 2 aromatic carbocycles. The Morgan fingerprint density at radius 1 is 1.25 bits per heavy atom. The summed E-state index contributed by atoms with van der Waals surface area (Å²) in [4.78, 5) is 23.0. The lowest BCUT2D eigenvalue weighted by Gasteiger charge is -2.30. The molecule has 1 saturated carbocycles. The van der Waals surface area contributed by atoms with Crippen molar-refractivity contribution in [3.63, 3.8) is 0 Å². The van der Waals surface area contributed by atoms with Crippen LogP contribution in [0.1, 0.15) is 42.7 Å². The molecule has 9 heteroatoms. The predicted molar refractivity (Wildman–Crippen MR) is 150 cm³/mol. The maximum Gasteiger partial charge on any atom is 0.319 e. The van der Waals surface area contributed by atoms with Gasteiger partial charge in [0.05, 0.1) is 11.1 Å². The number of anilines is 1. The van der Waals surface area contributed by atoms with Crippen LogP contribution in [0.3, 0.4) is 0 Å². The molecule has 0 radical (unpaired) electrons. The summed E-state index contributed by atoms with van der Waals surface area (Å²) in [5, 5.41) is 6.47. The van der Waals surface area contributed by atoms with Crippen LogP contribution < -0.4 is 15.4 Å². The summed E-state index contributed by atoms with van der Waals surface area (Å²) < 4.78 is 36.2. The number of alkyl halides is 1. The molecule has 2 aliphatic heterocycles. The Morgan fingerprint density at radius 3 is 3.02 bits per heavy atom. The fraction of sp³-hybridized carbons (Fsp3) is 0.452. The van der Waals surface area contributed by atoms with E-state index < -0.39 is 6.17 Å². The minimum absolute atomic E-state index is 0.173. The van der Waals surface area contributed by atoms with Gasteiger partial charge in [-0.2, -0.15) is 9.97 Å². The summed E-state index contributed by atoms with van der Waals surface area (Å²) in [6.45, 7) is 5.78. The van der Waals surface area contributed by atoms with E-state index in [1.54, 1.807) is 6.07 Å². The Bertz CT molecular complexity index is 1510. The molecule has 2 N–H and O–H groups in total. The molecule has 2 saturated heterocycles. The predicted octanol–water partition coefficient (Wildman–Crippen LogP) is 4.76. The van der Waals surface area contributed by atoms with Crippen LogP contribution in [-0.4, -0.2) is 65.3 Å². The lowest BCUT2D eigenvalue weighted by atomic mass is 9.93. The molecule has 7 rings (SSSR count). The first-order valence-corrected chi connectivity index (χ1v) is 14.2. The number of rotatable bonds is 9. The van der Waals surface area contributed by atoms with Gasteiger partial charge in [-0.1, -0.05) is 24.8 Å². The molecule has 3 fully saturated rings. The van der Waals surface area contributed by atoms with Gasteiger partial charge >= 0.3 is 6.01 Å². The topological polar surface area (TPSA) is 79.4 Å². The Balaban J connectivity index is 1.23. The van der Waals surface area contributed by atoms with Crippen molar-refractivity contribution in [1.82, 2.24) is 20.2 Å². The van der Waals surface area contributed by atoms with E-state index in [1.165, 1.54) is 29.7 Å². The normalized spacial score (nSPS) is 26.3. The molecular weight excluding hydrogens is 512 g/mol. The zero-order valence-corrected chi connectivity index (χ0v) is 22.4. The van der Waals surface area contributed by atoms with Gasteiger partial charge in [-0.25, -0.2) is 8.78 Å². The molecule has 3 heterocycles. The van der Waals surface area contributed by atoms with Crippen molar-refractivity contribution in [2.75, 3.05) is 38.1 Å². The number of hydrogen-bond acceptors (Lipinski definition) is 6. The molecule has 0 bridgehead atoms. The smallest absolute Gasteiger partial charge is 0.319 e. The largest absolute Gasteiger partial charge is 0.461 e. The average molecular weight is 546 g/mol. The lowest BCUT2D eigenvalue weighted by molar-refractivity contribution is -0.116. The van der Waals surface area contributed by atoms with Gasteiger partial charge in [0.1, 0.15) is 24.4 Å². The summed E-state index contributed by atoms with van der Waals surface area (Å²) in [6.07, 6.45) is 4.95. The van der Waals surface area contributed by atoms with Crippen molar-refractivity contribution in [3.8, 4) is 17.1 Å². The quantitative estimate of drug-likeness (QED) is 0.298. The molecule has 0 spiro atoms. The van der Waals surface area contributed by atoms with Gasteiger partial charge in [0.15, 0.2) is 0 Å². The number of ether oxygens (including phenoxy) is 1. The minimum atomic E-state index is -0.853. The van der Waals surface area contributed by atoms with Crippen LogP contribution in [0.15, 0.2) is 43.0 Å². The highest BCUT2D eigenvalue weighted by molar-refractivity contribution is 5.93. The zero-order valence-electron chi connectivity index (χ0n) is 22.4. The van der Waals surface area contributed by atoms with Gasteiger partial charge in [-0.05, 0) is 79.0 Å². The van der Waals surface area contributed by atoms with E-state index >= 15 is 4.39 Å². The van der Waals surface area contributed by atoms with E-state index in [-0.39, 0.29) is 23.3 Å². The molecule has 7 nitrogen and oxygen atoms in total. The summed E-state index contributed by atoms with van der Waals surface area (Å²) in [7, 11) is 0. The molecule has 1 aromatic heterocycles. The van der Waals surface area contributed by atoms with Crippen molar-refractivity contribution < 1.29 is 18.3 Å². The Labute approximate surface area is 232 Å². The van der Waals surface area contributed by atoms with Crippen LogP contribution in [0.5, 0.6) is 6.01 Å². The second kappa shape index (κ2) is 9.80. The molecule has 1 amide bonds. The van der Waals surface area contributed by atoms with Gasteiger partial charge in [0.2, 0.25) is 5.91 Å². The highest BCUT2D eigenvalue weighted by atomic mass is 19.1. The number of aromatic nitrogens is 2. The molecule has 2 aliphatic carbocycles. The average Bonchev–Trinajstić information content (AvgIpc) is 3.27. The van der Waals surface area contributed by atoms with Gasteiger partial charge in [0, 0.05) is 37.0 Å². The highest BCUT2D eigenvalue weighted by Crippen LogP contribution is 2.58. The van der Waals surface area contributed by atoms with Crippen molar-refractivity contribution in [3.05, 3.63) is 59.9 Å². The number of benzene rings is 2. The minimum Gasteiger partial charge on any atom is -0.461 e. The molecule has 0 unspecified atom stereocenters. The molecule has 40 heavy (non-hydrogen) atoms. The fourth-order valence-electron chi connectivity index (χ4n) is 7.19. The first-order chi connectivity index (χ1) is 19.4. The summed E-state index contributed by atoms with van der Waals surface area (Å²) in [5.41, 5.74) is 4.29. The van der Waals surface area contributed by atoms with Crippen LogP contribution in [0.4, 0.5) is 14.6 Å². The summed E-state index contributed by atoms with van der Waals surface area (Å²) in [6, 6.07) is 9.62. The van der Waals surface area contributed by atoms with Crippen molar-refractivity contribution in [2.24, 2.45) is 5.92 Å². The number of nitrogens with zero attached hydrogens (tertiary/aromatic N) is 3. The molecule has 4 atom stereocenters. The number of fused-ring (bicyclic) bond motifs is 5. The standard InChI is InChI=1S/C31H33F2N5O2/c1-2-27(39)34-8-9-35-29-24-13-25(33)23(21-6-3-5-18-11-19-12-22(19)28(18)21)14-26(24)36-30(37-29)40-17-31-7-4-10-38(31)16-20(32)15-31/h2-3,5-6,13-14,19-20,22H,1,4,7-12,15-17H2,(H,34,39)(H,35,36,37)/t19-,20-,22+,31+/m1/s1. The van der Waals surface area contributed by atoms with Crippen LogP contribution in [0, 0.1) is 11.7 Å². The number of carbonyl (C=O) groups excluding carboxylic acids is 1. The van der Waals surface area contributed by atoms with Gasteiger partial charge in [-0.3, -0.25) is 9.69 Å². The van der Waals surface area contributed by atoms with Gasteiger partial charge < -0.3 is 15.4 Å². The van der Waals surface area contributed by atoms with Crippen molar-refractivity contribution in [2.45, 2.75) is 49.7 Å². The number of halogens is 2. The first kappa shape index (κ1) is 25.4. The summed E-state index contributed by atoms with van der Waals surface area (Å²) >= 11 is 0. The third kappa shape index (κ3) is 4.40. The van der Waals surface area contributed by atoms with Crippen LogP contribution in [0.2, 0.25) is 0 Å². The third-order valence-electron chi connectivity index (χ3n) is 9.16. The van der Waals surface area contributed by atoms with Crippen LogP contribution in [-0.2, 0) is 11.2 Å². The lowest BCUT2D eigenvalue weighted by Crippen LogP contribution is -2.43. The first-order valence-electron chi connectivity index (χ1n) is 14.2. The SMILES string of the molecule is C=CC(=O)NCCNc1nc(OC[C@@]23CCCN2C[C@H](F)C3)nc2cc(-c3cccc4c3[C@H]3C[C@H]3C4)c(F)cc12. The second-order valence-corrected chi connectivity index (χ2v) is 11.7. The van der Waals surface area contributed by atoms with E-state index in [0.29, 0.717) is 66.8 Å². The zero-order chi connectivity index (χ0) is 27.4. The molecule has 208 valence electrons. The fourth-order valence-corrected chi connectivity index (χ4v) is 7.19. The number of nitrogens with one attached hydrogen (secondary N) is 2. The number of amides is 1. The highest BCUT2D eigenvalue weighted by Gasteiger charge is 2.49. The van der Waals surface area contributed by atoms with Crippen molar-refractivity contribution in [1.29, 1.82) is 0 Å². The van der Waals surface area contributed by atoms with E-state index in [9.17, 15) is 9.18 Å². The van der Waals surface area contributed by atoms with E-state index in [0.717, 1.165) is 31.4 Å². The monoisotopic (exact) mass is 545 g/mol. The molecular formula is C31H33F2N5O2. The Morgan fingerprint density at radius 2 is 2.15 bits per heavy atom. The maximum absolute atomic E-state index is 15.7.